The highest BCUT2D eigenvalue weighted by atomic mass is 16.4. The molecule has 0 aromatic heterocycles. The predicted octanol–water partition coefficient (Wildman–Crippen LogP) is -0.929. The number of carboxylic acid groups (broad SMARTS) is 1. The van der Waals surface area contributed by atoms with E-state index in [1.54, 1.807) is 0 Å². The molecule has 7 heteroatoms. The molecule has 0 aromatic rings. The Balaban J connectivity index is 4.16. The molecule has 0 spiro atoms. The fourth-order valence-electron chi connectivity index (χ4n) is 0.849. The van der Waals surface area contributed by atoms with Crippen molar-refractivity contribution in [1.29, 1.82) is 0 Å². The molecule has 17 heavy (non-hydrogen) atoms. The molecule has 7 nitrogen and oxygen atoms in total. The molecule has 0 bridgehead atoms. The van der Waals surface area contributed by atoms with Crippen molar-refractivity contribution >= 4 is 12.0 Å². The quantitative estimate of drug-likeness (QED) is 0.486. The number of carboxylic acids is 1. The molecule has 0 heterocycles. The summed E-state index contributed by atoms with van der Waals surface area (Å²) in [5, 5.41) is 22.1. The van der Waals surface area contributed by atoms with E-state index in [0.29, 0.717) is 6.54 Å². The minimum atomic E-state index is -1.28. The Morgan fingerprint density at radius 3 is 2.24 bits per heavy atom. The first-order valence-electron chi connectivity index (χ1n) is 5.26. The van der Waals surface area contributed by atoms with Gasteiger partial charge in [0.15, 0.2) is 6.04 Å². The van der Waals surface area contributed by atoms with Crippen LogP contribution in [0.2, 0.25) is 0 Å². The number of hydrogen-bond acceptors (Lipinski definition) is 4. The van der Waals surface area contributed by atoms with Gasteiger partial charge in [0.25, 0.3) is 0 Å². The third kappa shape index (κ3) is 5.50. The van der Waals surface area contributed by atoms with E-state index in [-0.39, 0.29) is 5.54 Å². The molecule has 0 aliphatic heterocycles. The summed E-state index contributed by atoms with van der Waals surface area (Å²) in [6, 6.07) is -1.89. The second-order valence-electron chi connectivity index (χ2n) is 4.61. The number of aliphatic hydroxyl groups is 1. The molecule has 2 amide bonds. The average molecular weight is 247 g/mol. The fraction of sp³-hybridized carbons (Fsp3) is 0.800. The molecule has 0 aromatic carbocycles. The number of hydrogen-bond donors (Lipinski definition) is 4. The first-order valence-corrected chi connectivity index (χ1v) is 5.26. The number of urea groups is 1. The van der Waals surface area contributed by atoms with Gasteiger partial charge in [-0.25, -0.2) is 9.59 Å². The van der Waals surface area contributed by atoms with Crippen LogP contribution in [0.15, 0.2) is 0 Å². The van der Waals surface area contributed by atoms with Crippen LogP contribution in [-0.2, 0) is 4.79 Å². The van der Waals surface area contributed by atoms with Crippen molar-refractivity contribution in [1.82, 2.24) is 15.5 Å². The number of nitrogens with one attached hydrogen (secondary N) is 2. The normalized spacial score (nSPS) is 13.3. The van der Waals surface area contributed by atoms with Crippen LogP contribution in [0.4, 0.5) is 4.79 Å². The van der Waals surface area contributed by atoms with Gasteiger partial charge in [-0.1, -0.05) is 0 Å². The first kappa shape index (κ1) is 15.7. The Morgan fingerprint density at radius 1 is 1.35 bits per heavy atom. The standard InChI is InChI=1S/C10H21N3O4/c1-10(2,13(3)4)6-11-9(17)12-7(5-14)8(15)16/h7,14H,5-6H2,1-4H3,(H,15,16)(H2,11,12,17). The Bertz CT molecular complexity index is 279. The molecule has 0 aliphatic carbocycles. The van der Waals surface area contributed by atoms with Crippen LogP contribution in [0.25, 0.3) is 0 Å². The van der Waals surface area contributed by atoms with Crippen LogP contribution in [0.1, 0.15) is 13.8 Å². The first-order chi connectivity index (χ1) is 7.70. The average Bonchev–Trinajstić information content (AvgIpc) is 2.22. The van der Waals surface area contributed by atoms with Crippen molar-refractivity contribution in [3.05, 3.63) is 0 Å². The highest BCUT2D eigenvalue weighted by molar-refractivity contribution is 5.82. The molecular weight excluding hydrogens is 226 g/mol. The summed E-state index contributed by atoms with van der Waals surface area (Å²) in [4.78, 5) is 23.9. The Kier molecular flexibility index (Phi) is 5.90. The maximum Gasteiger partial charge on any atom is 0.328 e. The Morgan fingerprint density at radius 2 is 1.88 bits per heavy atom. The number of rotatable bonds is 6. The molecule has 1 atom stereocenters. The number of nitrogens with zero attached hydrogens (tertiary/aromatic N) is 1. The second-order valence-corrected chi connectivity index (χ2v) is 4.61. The van der Waals surface area contributed by atoms with Gasteiger partial charge in [-0.15, -0.1) is 0 Å². The molecule has 0 fully saturated rings. The highest BCUT2D eigenvalue weighted by Gasteiger charge is 2.23. The van der Waals surface area contributed by atoms with Gasteiger partial charge in [0, 0.05) is 12.1 Å². The van der Waals surface area contributed by atoms with E-state index in [2.05, 4.69) is 10.6 Å². The van der Waals surface area contributed by atoms with Crippen LogP contribution in [-0.4, -0.2) is 65.9 Å². The fourth-order valence-corrected chi connectivity index (χ4v) is 0.849. The van der Waals surface area contributed by atoms with Crippen molar-refractivity contribution in [3.8, 4) is 0 Å². The maximum atomic E-state index is 11.4. The minimum Gasteiger partial charge on any atom is -0.480 e. The zero-order valence-corrected chi connectivity index (χ0v) is 10.6. The van der Waals surface area contributed by atoms with Crippen molar-refractivity contribution in [2.24, 2.45) is 0 Å². The summed E-state index contributed by atoms with van der Waals surface area (Å²) in [6.07, 6.45) is 0. The second kappa shape index (κ2) is 6.41. The summed E-state index contributed by atoms with van der Waals surface area (Å²) in [6.45, 7) is 3.60. The summed E-state index contributed by atoms with van der Waals surface area (Å²) in [7, 11) is 3.76. The van der Waals surface area contributed by atoms with Crippen LogP contribution >= 0.6 is 0 Å². The molecule has 0 saturated heterocycles. The van der Waals surface area contributed by atoms with E-state index in [9.17, 15) is 9.59 Å². The molecule has 100 valence electrons. The summed E-state index contributed by atoms with van der Waals surface area (Å²) >= 11 is 0. The predicted molar refractivity (Wildman–Crippen MR) is 62.8 cm³/mol. The van der Waals surface area contributed by atoms with Crippen molar-refractivity contribution < 1.29 is 19.8 Å². The molecule has 0 radical (unpaired) electrons. The number of amides is 2. The third-order valence-corrected chi connectivity index (χ3v) is 2.68. The summed E-state index contributed by atoms with van der Waals surface area (Å²) in [5.74, 6) is -1.27. The molecule has 1 unspecified atom stereocenters. The summed E-state index contributed by atoms with van der Waals surface area (Å²) in [5.41, 5.74) is -0.241. The number of carbonyl (C=O) groups is 2. The van der Waals surface area contributed by atoms with Crippen LogP contribution < -0.4 is 10.6 Å². The summed E-state index contributed by atoms with van der Waals surface area (Å²) < 4.78 is 0. The van der Waals surface area contributed by atoms with E-state index in [0.717, 1.165) is 0 Å². The lowest BCUT2D eigenvalue weighted by Crippen LogP contribution is -2.53. The van der Waals surface area contributed by atoms with E-state index >= 15 is 0 Å². The topological polar surface area (TPSA) is 102 Å². The van der Waals surface area contributed by atoms with Crippen molar-refractivity contribution in [3.63, 3.8) is 0 Å². The van der Waals surface area contributed by atoms with Gasteiger partial charge in [0.1, 0.15) is 0 Å². The third-order valence-electron chi connectivity index (χ3n) is 2.68. The molecule has 0 rings (SSSR count). The van der Waals surface area contributed by atoms with Gasteiger partial charge >= 0.3 is 12.0 Å². The molecule has 0 saturated carbocycles. The molecular formula is C10H21N3O4. The Labute approximate surface area is 101 Å². The minimum absolute atomic E-state index is 0.241. The SMILES string of the molecule is CN(C)C(C)(C)CNC(=O)NC(CO)C(=O)O. The van der Waals surface area contributed by atoms with E-state index < -0.39 is 24.6 Å². The number of aliphatic carboxylic acids is 1. The van der Waals surface area contributed by atoms with Gasteiger partial charge in [-0.3, -0.25) is 0 Å². The van der Waals surface area contributed by atoms with Gasteiger partial charge in [-0.05, 0) is 27.9 Å². The van der Waals surface area contributed by atoms with Gasteiger partial charge < -0.3 is 25.7 Å². The van der Waals surface area contributed by atoms with Gasteiger partial charge in [-0.2, -0.15) is 0 Å². The van der Waals surface area contributed by atoms with Gasteiger partial charge in [0.2, 0.25) is 0 Å². The van der Waals surface area contributed by atoms with Crippen LogP contribution in [0.5, 0.6) is 0 Å². The van der Waals surface area contributed by atoms with E-state index in [1.807, 2.05) is 32.8 Å². The van der Waals surface area contributed by atoms with Crippen molar-refractivity contribution in [2.45, 2.75) is 25.4 Å². The van der Waals surface area contributed by atoms with Gasteiger partial charge in [0.05, 0.1) is 6.61 Å². The molecule has 4 N–H and O–H groups in total. The Hall–Kier alpha value is -1.34. The van der Waals surface area contributed by atoms with Crippen molar-refractivity contribution in [2.75, 3.05) is 27.2 Å². The number of carbonyl (C=O) groups excluding carboxylic acids is 1. The maximum absolute atomic E-state index is 11.4. The monoisotopic (exact) mass is 247 g/mol. The smallest absolute Gasteiger partial charge is 0.328 e. The number of likely N-dealkylation sites (N-methyl/N-ethyl adjacent to an activating group) is 1. The lowest BCUT2D eigenvalue weighted by atomic mass is 10.0. The van der Waals surface area contributed by atoms with Crippen LogP contribution in [0.3, 0.4) is 0 Å². The largest absolute Gasteiger partial charge is 0.480 e. The lowest BCUT2D eigenvalue weighted by Gasteiger charge is -2.32. The van der Waals surface area contributed by atoms with Crippen LogP contribution in [0, 0.1) is 0 Å². The van der Waals surface area contributed by atoms with E-state index in [4.69, 9.17) is 10.2 Å². The zero-order chi connectivity index (χ0) is 13.6. The highest BCUT2D eigenvalue weighted by Crippen LogP contribution is 2.07. The lowest BCUT2D eigenvalue weighted by molar-refractivity contribution is -0.140. The number of aliphatic hydroxyl groups excluding tert-OH is 1. The molecule has 0 aliphatic rings. The zero-order valence-electron chi connectivity index (χ0n) is 10.6. The van der Waals surface area contributed by atoms with E-state index in [1.165, 1.54) is 0 Å².